The van der Waals surface area contributed by atoms with E-state index in [1.54, 1.807) is 0 Å². The number of carbonyl (C=O) groups is 1. The van der Waals surface area contributed by atoms with E-state index >= 15 is 0 Å². The number of hydrogen-bond acceptors (Lipinski definition) is 3. The van der Waals surface area contributed by atoms with Crippen LogP contribution in [0.1, 0.15) is 119 Å². The van der Waals surface area contributed by atoms with Crippen molar-refractivity contribution in [3.8, 4) is 0 Å². The number of rotatable bonds is 6. The second-order valence-corrected chi connectivity index (χ2v) is 13.3. The van der Waals surface area contributed by atoms with Crippen LogP contribution in [0.3, 0.4) is 0 Å². The van der Waals surface area contributed by atoms with E-state index in [1.807, 2.05) is 0 Å². The van der Waals surface area contributed by atoms with Crippen LogP contribution >= 0.6 is 0 Å². The van der Waals surface area contributed by atoms with Crippen molar-refractivity contribution in [2.45, 2.75) is 130 Å². The fraction of sp³-hybridized carbons (Fsp3) is 0.966. The summed E-state index contributed by atoms with van der Waals surface area (Å²) in [6.45, 7) is 13.7. The lowest BCUT2D eigenvalue weighted by Gasteiger charge is -2.64. The van der Waals surface area contributed by atoms with Crippen LogP contribution in [-0.2, 0) is 9.53 Å². The predicted octanol–water partition coefficient (Wildman–Crippen LogP) is 7.15. The highest BCUT2D eigenvalue weighted by atomic mass is 16.6. The van der Waals surface area contributed by atoms with Gasteiger partial charge in [-0.1, -0.05) is 53.9 Å². The molecule has 9 atom stereocenters. The summed E-state index contributed by atoms with van der Waals surface area (Å²) in [7, 11) is 0. The molecule has 4 rings (SSSR count). The Hall–Kier alpha value is -0.570. The second-order valence-electron chi connectivity index (χ2n) is 13.3. The molecule has 4 fully saturated rings. The third kappa shape index (κ3) is 3.87. The van der Waals surface area contributed by atoms with Gasteiger partial charge in [0.05, 0.1) is 0 Å². The normalized spacial score (nSPS) is 46.8. The maximum Gasteiger partial charge on any atom is 0.303 e. The Labute approximate surface area is 197 Å². The maximum atomic E-state index is 12.0. The first kappa shape index (κ1) is 24.6. The third-order valence-electron chi connectivity index (χ3n) is 11.3. The molecule has 0 aromatic carbocycles. The quantitative estimate of drug-likeness (QED) is 0.440. The zero-order chi connectivity index (χ0) is 23.3. The summed E-state index contributed by atoms with van der Waals surface area (Å²) >= 11 is 0. The number of fused-ring (bicyclic) bond motifs is 5. The zero-order valence-corrected chi connectivity index (χ0v) is 21.8. The minimum absolute atomic E-state index is 0.115. The maximum absolute atomic E-state index is 12.0. The predicted molar refractivity (Wildman–Crippen MR) is 130 cm³/mol. The molecule has 1 N–H and O–H groups in total. The van der Waals surface area contributed by atoms with Gasteiger partial charge in [0.15, 0.2) is 0 Å². The summed E-state index contributed by atoms with van der Waals surface area (Å²) in [4.78, 5) is 11.8. The summed E-state index contributed by atoms with van der Waals surface area (Å²) < 4.78 is 5.73. The molecule has 3 heteroatoms. The van der Waals surface area contributed by atoms with E-state index in [2.05, 4.69) is 34.6 Å². The van der Waals surface area contributed by atoms with Gasteiger partial charge in [-0.05, 0) is 98.7 Å². The van der Waals surface area contributed by atoms with Crippen LogP contribution in [0, 0.1) is 46.3 Å². The molecular weight excluding hydrogens is 396 g/mol. The average molecular weight is 447 g/mol. The van der Waals surface area contributed by atoms with Crippen molar-refractivity contribution in [3.05, 3.63) is 0 Å². The Morgan fingerprint density at radius 1 is 0.969 bits per heavy atom. The summed E-state index contributed by atoms with van der Waals surface area (Å²) in [6, 6.07) is 0. The summed E-state index contributed by atoms with van der Waals surface area (Å²) in [5.74, 6) is 4.41. The molecule has 4 aliphatic carbocycles. The molecule has 0 spiro atoms. The standard InChI is InChI=1S/C29H50O3/c1-19(2)9-7-10-20(3)23-12-13-24-22-14-18-29(31)26(32-21(4)30)11-8-16-28(29,6)25(22)15-17-27(23,24)5/h19-20,22-26,31H,7-18H2,1-6H3/t20-,22+,23-,24+,25+,26-,27-,28-,29-/m1/s1. The number of aliphatic hydroxyl groups is 1. The third-order valence-corrected chi connectivity index (χ3v) is 11.3. The molecule has 0 aliphatic heterocycles. The first-order chi connectivity index (χ1) is 15.0. The van der Waals surface area contributed by atoms with Gasteiger partial charge in [-0.15, -0.1) is 0 Å². The van der Waals surface area contributed by atoms with E-state index in [9.17, 15) is 9.90 Å². The molecule has 0 aromatic rings. The van der Waals surface area contributed by atoms with Crippen molar-refractivity contribution in [2.75, 3.05) is 0 Å². The van der Waals surface area contributed by atoms with Crippen LogP contribution in [0.5, 0.6) is 0 Å². The van der Waals surface area contributed by atoms with E-state index in [4.69, 9.17) is 4.74 Å². The molecular formula is C29H50O3. The van der Waals surface area contributed by atoms with E-state index in [0.717, 1.165) is 61.7 Å². The minimum atomic E-state index is -0.839. The topological polar surface area (TPSA) is 46.5 Å². The van der Waals surface area contributed by atoms with Gasteiger partial charge in [-0.25, -0.2) is 0 Å². The number of esters is 1. The average Bonchev–Trinajstić information content (AvgIpc) is 3.06. The van der Waals surface area contributed by atoms with Gasteiger partial charge in [0.25, 0.3) is 0 Å². The van der Waals surface area contributed by atoms with Crippen LogP contribution < -0.4 is 0 Å². The smallest absolute Gasteiger partial charge is 0.303 e. The first-order valence-electron chi connectivity index (χ1n) is 13.9. The highest BCUT2D eigenvalue weighted by molar-refractivity contribution is 5.66. The van der Waals surface area contributed by atoms with Crippen molar-refractivity contribution in [1.82, 2.24) is 0 Å². The molecule has 0 heterocycles. The Balaban J connectivity index is 1.51. The van der Waals surface area contributed by atoms with E-state index in [-0.39, 0.29) is 17.5 Å². The molecule has 4 aliphatic rings. The molecule has 0 bridgehead atoms. The number of ether oxygens (including phenoxy) is 1. The fourth-order valence-electron chi connectivity index (χ4n) is 9.68. The van der Waals surface area contributed by atoms with E-state index in [1.165, 1.54) is 51.9 Å². The van der Waals surface area contributed by atoms with Crippen molar-refractivity contribution in [1.29, 1.82) is 0 Å². The SMILES string of the molecule is CC(=O)O[C@@H]1CCC[C@]2(C)[C@H]3CC[C@]4(C)[C@@H]([C@H](C)CCCC(C)C)CC[C@H]4[C@@H]3CC[C@@]12O. The molecule has 32 heavy (non-hydrogen) atoms. The molecule has 3 nitrogen and oxygen atoms in total. The largest absolute Gasteiger partial charge is 0.459 e. The lowest BCUT2D eigenvalue weighted by molar-refractivity contribution is -0.252. The van der Waals surface area contributed by atoms with Crippen LogP contribution in [0.4, 0.5) is 0 Å². The Morgan fingerprint density at radius 3 is 2.41 bits per heavy atom. The molecule has 0 saturated heterocycles. The van der Waals surface area contributed by atoms with Crippen LogP contribution in [0.2, 0.25) is 0 Å². The van der Waals surface area contributed by atoms with Crippen LogP contribution in [-0.4, -0.2) is 22.8 Å². The fourth-order valence-corrected chi connectivity index (χ4v) is 9.68. The second kappa shape index (κ2) is 8.90. The van der Waals surface area contributed by atoms with Gasteiger partial charge in [-0.2, -0.15) is 0 Å². The lowest BCUT2D eigenvalue weighted by atomic mass is 9.42. The summed E-state index contributed by atoms with van der Waals surface area (Å²) in [6.07, 6.45) is 14.1. The monoisotopic (exact) mass is 446 g/mol. The summed E-state index contributed by atoms with van der Waals surface area (Å²) in [5.41, 5.74) is -0.473. The van der Waals surface area contributed by atoms with Gasteiger partial charge < -0.3 is 9.84 Å². The Morgan fingerprint density at radius 2 is 1.72 bits per heavy atom. The van der Waals surface area contributed by atoms with Crippen LogP contribution in [0.25, 0.3) is 0 Å². The van der Waals surface area contributed by atoms with Crippen molar-refractivity contribution >= 4 is 5.97 Å². The van der Waals surface area contributed by atoms with E-state index < -0.39 is 5.60 Å². The minimum Gasteiger partial charge on any atom is -0.459 e. The first-order valence-corrected chi connectivity index (χ1v) is 13.9. The molecule has 0 unspecified atom stereocenters. The van der Waals surface area contributed by atoms with Gasteiger partial charge in [0.1, 0.15) is 11.7 Å². The lowest BCUT2D eigenvalue weighted by Crippen LogP contribution is -2.66. The Bertz CT molecular complexity index is 688. The number of hydrogen-bond donors (Lipinski definition) is 1. The number of carbonyl (C=O) groups excluding carboxylic acids is 1. The molecule has 0 radical (unpaired) electrons. The van der Waals surface area contributed by atoms with Gasteiger partial charge >= 0.3 is 5.97 Å². The van der Waals surface area contributed by atoms with Crippen molar-refractivity contribution in [3.63, 3.8) is 0 Å². The molecule has 184 valence electrons. The Kier molecular flexibility index (Phi) is 6.83. The van der Waals surface area contributed by atoms with Gasteiger partial charge in [0.2, 0.25) is 0 Å². The molecule has 0 amide bonds. The zero-order valence-electron chi connectivity index (χ0n) is 21.8. The highest BCUT2D eigenvalue weighted by Crippen LogP contribution is 2.69. The highest BCUT2D eigenvalue weighted by Gasteiger charge is 2.66. The molecule has 0 aromatic heterocycles. The van der Waals surface area contributed by atoms with Crippen LogP contribution in [0.15, 0.2) is 0 Å². The van der Waals surface area contributed by atoms with Crippen molar-refractivity contribution < 1.29 is 14.6 Å². The summed E-state index contributed by atoms with van der Waals surface area (Å²) in [5, 5.41) is 12.0. The van der Waals surface area contributed by atoms with Gasteiger partial charge in [0, 0.05) is 12.3 Å². The molecule has 4 saturated carbocycles. The van der Waals surface area contributed by atoms with E-state index in [0.29, 0.717) is 11.3 Å². The van der Waals surface area contributed by atoms with Crippen molar-refractivity contribution in [2.24, 2.45) is 46.3 Å². The van der Waals surface area contributed by atoms with Gasteiger partial charge in [-0.3, -0.25) is 4.79 Å².